The highest BCUT2D eigenvalue weighted by molar-refractivity contribution is 5.78. The molecular weight excluding hydrogens is 342 g/mol. The molecule has 1 unspecified atom stereocenters. The van der Waals surface area contributed by atoms with Crippen molar-refractivity contribution >= 4 is 17.5 Å². The monoisotopic (exact) mass is 369 g/mol. The minimum absolute atomic E-state index is 0.0300. The number of piperazine rings is 1. The summed E-state index contributed by atoms with van der Waals surface area (Å²) >= 11 is 0. The Labute approximate surface area is 160 Å². The number of hydrogen-bond donors (Lipinski definition) is 2. The van der Waals surface area contributed by atoms with Crippen molar-refractivity contribution in [3.05, 3.63) is 48.3 Å². The summed E-state index contributed by atoms with van der Waals surface area (Å²) in [6.45, 7) is 7.15. The fourth-order valence-corrected chi connectivity index (χ4v) is 3.13. The van der Waals surface area contributed by atoms with Gasteiger partial charge in [0.1, 0.15) is 18.0 Å². The second-order valence-electron chi connectivity index (χ2n) is 7.04. The third kappa shape index (κ3) is 4.95. The first-order valence-corrected chi connectivity index (χ1v) is 9.37. The van der Waals surface area contributed by atoms with Gasteiger partial charge in [0.05, 0.1) is 6.10 Å². The Bertz CT molecular complexity index is 745. The first-order chi connectivity index (χ1) is 13.0. The number of benzene rings is 1. The number of aromatic nitrogens is 2. The third-order valence-corrected chi connectivity index (χ3v) is 4.72. The zero-order valence-corrected chi connectivity index (χ0v) is 15.9. The maximum Gasteiger partial charge on any atom is 0.225 e. The highest BCUT2D eigenvalue weighted by atomic mass is 16.3. The molecule has 0 aliphatic carbocycles. The van der Waals surface area contributed by atoms with Gasteiger partial charge in [-0.25, -0.2) is 9.97 Å². The number of anilines is 2. The number of aliphatic hydroxyl groups excluding tert-OH is 1. The summed E-state index contributed by atoms with van der Waals surface area (Å²) in [7, 11) is 0. The lowest BCUT2D eigenvalue weighted by atomic mass is 10.1. The Balaban J connectivity index is 1.56. The standard InChI is InChI=1S/C20H27N5O2/c1-15(2)20(27)25-10-8-24(9-11-25)19-12-18(22-14-23-19)21-13-17(26)16-6-4-3-5-7-16/h3-7,12,14-15,17,26H,8-11,13H2,1-2H3,(H,21,22,23). The Morgan fingerprint density at radius 2 is 1.85 bits per heavy atom. The third-order valence-electron chi connectivity index (χ3n) is 4.72. The predicted molar refractivity (Wildman–Crippen MR) is 106 cm³/mol. The molecule has 2 heterocycles. The van der Waals surface area contributed by atoms with Gasteiger partial charge in [-0.1, -0.05) is 44.2 Å². The van der Waals surface area contributed by atoms with Crippen LogP contribution in [0.25, 0.3) is 0 Å². The molecule has 144 valence electrons. The summed E-state index contributed by atoms with van der Waals surface area (Å²) in [4.78, 5) is 24.8. The largest absolute Gasteiger partial charge is 0.387 e. The van der Waals surface area contributed by atoms with Crippen LogP contribution in [0.15, 0.2) is 42.7 Å². The fourth-order valence-electron chi connectivity index (χ4n) is 3.13. The van der Waals surface area contributed by atoms with Crippen molar-refractivity contribution in [2.75, 3.05) is 42.9 Å². The average molecular weight is 369 g/mol. The van der Waals surface area contributed by atoms with Crippen LogP contribution in [0.1, 0.15) is 25.5 Å². The molecule has 1 aliphatic rings. The van der Waals surface area contributed by atoms with Gasteiger partial charge >= 0.3 is 0 Å². The number of aliphatic hydroxyl groups is 1. The number of carbonyl (C=O) groups excluding carboxylic acids is 1. The molecule has 0 spiro atoms. The smallest absolute Gasteiger partial charge is 0.225 e. The first kappa shape index (κ1) is 19.1. The van der Waals surface area contributed by atoms with E-state index in [0.29, 0.717) is 25.5 Å². The van der Waals surface area contributed by atoms with E-state index >= 15 is 0 Å². The molecule has 3 rings (SSSR count). The lowest BCUT2D eigenvalue weighted by Crippen LogP contribution is -2.50. The molecule has 1 aromatic carbocycles. The van der Waals surface area contributed by atoms with Crippen LogP contribution in [0.4, 0.5) is 11.6 Å². The van der Waals surface area contributed by atoms with Crippen molar-refractivity contribution in [2.45, 2.75) is 20.0 Å². The number of rotatable bonds is 6. The number of hydrogen-bond acceptors (Lipinski definition) is 6. The van der Waals surface area contributed by atoms with Crippen LogP contribution < -0.4 is 10.2 Å². The minimum Gasteiger partial charge on any atom is -0.387 e. The van der Waals surface area contributed by atoms with Gasteiger partial charge in [0.15, 0.2) is 0 Å². The number of nitrogens with one attached hydrogen (secondary N) is 1. The molecule has 7 nitrogen and oxygen atoms in total. The summed E-state index contributed by atoms with van der Waals surface area (Å²) in [5, 5.41) is 13.4. The van der Waals surface area contributed by atoms with Gasteiger partial charge < -0.3 is 20.2 Å². The van der Waals surface area contributed by atoms with Crippen LogP contribution in [-0.4, -0.2) is 58.6 Å². The van der Waals surface area contributed by atoms with Crippen LogP contribution in [0, 0.1) is 5.92 Å². The van der Waals surface area contributed by atoms with E-state index in [9.17, 15) is 9.90 Å². The molecule has 1 fully saturated rings. The normalized spacial score (nSPS) is 15.7. The summed E-state index contributed by atoms with van der Waals surface area (Å²) in [6, 6.07) is 11.4. The van der Waals surface area contributed by atoms with Crippen molar-refractivity contribution in [3.63, 3.8) is 0 Å². The van der Waals surface area contributed by atoms with E-state index in [1.807, 2.05) is 55.1 Å². The zero-order chi connectivity index (χ0) is 19.2. The minimum atomic E-state index is -0.602. The van der Waals surface area contributed by atoms with E-state index in [1.54, 1.807) is 0 Å². The van der Waals surface area contributed by atoms with E-state index in [-0.39, 0.29) is 11.8 Å². The molecule has 1 aromatic heterocycles. The van der Waals surface area contributed by atoms with Crippen molar-refractivity contribution in [1.82, 2.24) is 14.9 Å². The molecule has 27 heavy (non-hydrogen) atoms. The van der Waals surface area contributed by atoms with Crippen LogP contribution in [0.3, 0.4) is 0 Å². The molecule has 1 amide bonds. The van der Waals surface area contributed by atoms with Gasteiger partial charge in [-0.2, -0.15) is 0 Å². The van der Waals surface area contributed by atoms with Crippen molar-refractivity contribution < 1.29 is 9.90 Å². The Hall–Kier alpha value is -2.67. The summed E-state index contributed by atoms with van der Waals surface area (Å²) in [5.74, 6) is 1.74. The van der Waals surface area contributed by atoms with E-state index in [2.05, 4.69) is 20.2 Å². The Morgan fingerprint density at radius 1 is 1.15 bits per heavy atom. The summed E-state index contributed by atoms with van der Waals surface area (Å²) in [6.07, 6.45) is 0.924. The lowest BCUT2D eigenvalue weighted by Gasteiger charge is -2.36. The summed E-state index contributed by atoms with van der Waals surface area (Å²) < 4.78 is 0. The van der Waals surface area contributed by atoms with Crippen molar-refractivity contribution in [1.29, 1.82) is 0 Å². The van der Waals surface area contributed by atoms with Crippen LogP contribution >= 0.6 is 0 Å². The number of nitrogens with zero attached hydrogens (tertiary/aromatic N) is 4. The highest BCUT2D eigenvalue weighted by Gasteiger charge is 2.23. The predicted octanol–water partition coefficient (Wildman–Crippen LogP) is 1.93. The molecule has 0 radical (unpaired) electrons. The second-order valence-corrected chi connectivity index (χ2v) is 7.04. The summed E-state index contributed by atoms with van der Waals surface area (Å²) in [5.41, 5.74) is 0.866. The maximum absolute atomic E-state index is 12.1. The fraction of sp³-hybridized carbons (Fsp3) is 0.450. The van der Waals surface area contributed by atoms with E-state index < -0.39 is 6.10 Å². The van der Waals surface area contributed by atoms with Gasteiger partial charge in [0.2, 0.25) is 5.91 Å². The van der Waals surface area contributed by atoms with Crippen molar-refractivity contribution in [3.8, 4) is 0 Å². The molecule has 2 aromatic rings. The highest BCUT2D eigenvalue weighted by Crippen LogP contribution is 2.18. The number of amides is 1. The van der Waals surface area contributed by atoms with E-state index in [4.69, 9.17) is 0 Å². The maximum atomic E-state index is 12.1. The number of carbonyl (C=O) groups is 1. The van der Waals surface area contributed by atoms with Gasteiger partial charge in [-0.05, 0) is 5.56 Å². The van der Waals surface area contributed by atoms with Gasteiger partial charge in [-0.15, -0.1) is 0 Å². The Morgan fingerprint density at radius 3 is 2.52 bits per heavy atom. The van der Waals surface area contributed by atoms with Gasteiger partial charge in [0, 0.05) is 44.7 Å². The second kappa shape index (κ2) is 8.81. The Kier molecular flexibility index (Phi) is 6.24. The topological polar surface area (TPSA) is 81.6 Å². The molecule has 2 N–H and O–H groups in total. The molecule has 0 bridgehead atoms. The van der Waals surface area contributed by atoms with E-state index in [1.165, 1.54) is 6.33 Å². The van der Waals surface area contributed by atoms with E-state index in [0.717, 1.165) is 24.5 Å². The molecule has 1 aliphatic heterocycles. The van der Waals surface area contributed by atoms with Gasteiger partial charge in [-0.3, -0.25) is 4.79 Å². The molecule has 1 atom stereocenters. The first-order valence-electron chi connectivity index (χ1n) is 9.37. The zero-order valence-electron chi connectivity index (χ0n) is 15.9. The molecule has 1 saturated heterocycles. The van der Waals surface area contributed by atoms with Crippen LogP contribution in [-0.2, 0) is 4.79 Å². The molecule has 0 saturated carbocycles. The molecular formula is C20H27N5O2. The molecule has 7 heteroatoms. The quantitative estimate of drug-likeness (QED) is 0.810. The SMILES string of the molecule is CC(C)C(=O)N1CCN(c2cc(NCC(O)c3ccccc3)ncn2)CC1. The van der Waals surface area contributed by atoms with Crippen LogP contribution in [0.5, 0.6) is 0 Å². The van der Waals surface area contributed by atoms with Gasteiger partial charge in [0.25, 0.3) is 0 Å². The average Bonchev–Trinajstić information content (AvgIpc) is 2.72. The lowest BCUT2D eigenvalue weighted by molar-refractivity contribution is -0.134. The van der Waals surface area contributed by atoms with Crippen molar-refractivity contribution in [2.24, 2.45) is 5.92 Å². The van der Waals surface area contributed by atoms with Crippen LogP contribution in [0.2, 0.25) is 0 Å².